The monoisotopic (exact) mass is 731 g/mol. The molecular formula is C28H20Br3N3O6. The van der Waals surface area contributed by atoms with Gasteiger partial charge in [0.25, 0.3) is 5.56 Å². The van der Waals surface area contributed by atoms with E-state index in [0.717, 1.165) is 9.86 Å². The molecule has 0 aliphatic carbocycles. The minimum absolute atomic E-state index is 0.237. The van der Waals surface area contributed by atoms with Gasteiger partial charge in [0.1, 0.15) is 5.58 Å². The van der Waals surface area contributed by atoms with Gasteiger partial charge in [0.05, 0.1) is 35.8 Å². The fourth-order valence-corrected chi connectivity index (χ4v) is 5.28. The lowest BCUT2D eigenvalue weighted by Gasteiger charge is -2.18. The van der Waals surface area contributed by atoms with Gasteiger partial charge in [-0.1, -0.05) is 28.1 Å². The number of halogens is 3. The van der Waals surface area contributed by atoms with Crippen molar-refractivity contribution in [1.82, 2.24) is 9.66 Å². The van der Waals surface area contributed by atoms with E-state index in [1.807, 2.05) is 30.3 Å². The maximum absolute atomic E-state index is 13.6. The first-order valence-corrected chi connectivity index (χ1v) is 14.2. The molecular weight excluding hydrogens is 714 g/mol. The highest BCUT2D eigenvalue weighted by molar-refractivity contribution is 9.13. The second-order valence-electron chi connectivity index (χ2n) is 8.52. The lowest BCUT2D eigenvalue weighted by molar-refractivity contribution is -0.147. The number of benzene rings is 3. The molecule has 0 N–H and O–H groups in total. The van der Waals surface area contributed by atoms with Crippen LogP contribution in [0.25, 0.3) is 33.5 Å². The standard InChI is InChI=1S/C28H20Br3N3O6/c1-14(28(36)38-3)39-25-21(37-2)12-16(23(30)24(25)31)13-32-34-26(33-19-7-5-4-6-18(19)27(34)35)22-11-15-10-17(29)8-9-20(15)40-22/h4-14H,1-3H3/t14-/m0/s1. The summed E-state index contributed by atoms with van der Waals surface area (Å²) in [4.78, 5) is 30.2. The van der Waals surface area contributed by atoms with Crippen molar-refractivity contribution in [2.24, 2.45) is 5.10 Å². The first kappa shape index (κ1) is 28.1. The van der Waals surface area contributed by atoms with Crippen molar-refractivity contribution >= 4 is 81.8 Å². The molecule has 2 heterocycles. The van der Waals surface area contributed by atoms with Gasteiger partial charge < -0.3 is 18.6 Å². The molecule has 0 spiro atoms. The van der Waals surface area contributed by atoms with Crippen LogP contribution < -0.4 is 15.0 Å². The molecule has 40 heavy (non-hydrogen) atoms. The van der Waals surface area contributed by atoms with E-state index < -0.39 is 12.1 Å². The fraction of sp³-hybridized carbons (Fsp3) is 0.143. The zero-order valence-electron chi connectivity index (χ0n) is 21.3. The Kier molecular flexibility index (Phi) is 8.11. The predicted octanol–water partition coefficient (Wildman–Crippen LogP) is 6.93. The van der Waals surface area contributed by atoms with E-state index in [9.17, 15) is 9.59 Å². The zero-order chi connectivity index (χ0) is 28.6. The van der Waals surface area contributed by atoms with Crippen LogP contribution in [0.15, 0.2) is 82.3 Å². The molecule has 0 saturated carbocycles. The number of para-hydroxylation sites is 1. The van der Waals surface area contributed by atoms with Crippen LogP contribution in [0.1, 0.15) is 12.5 Å². The number of hydrogen-bond donors (Lipinski definition) is 0. The summed E-state index contributed by atoms with van der Waals surface area (Å²) in [7, 11) is 2.76. The van der Waals surface area contributed by atoms with Crippen LogP contribution in [0.2, 0.25) is 0 Å². The molecule has 2 aromatic heterocycles. The number of carbonyl (C=O) groups is 1. The molecule has 0 aliphatic rings. The lowest BCUT2D eigenvalue weighted by atomic mass is 10.2. The maximum atomic E-state index is 13.6. The van der Waals surface area contributed by atoms with Crippen LogP contribution in [0.4, 0.5) is 0 Å². The molecule has 1 atom stereocenters. The largest absolute Gasteiger partial charge is 0.493 e. The summed E-state index contributed by atoms with van der Waals surface area (Å²) < 4.78 is 25.3. The van der Waals surface area contributed by atoms with Gasteiger partial charge in [-0.25, -0.2) is 9.78 Å². The molecule has 0 aliphatic heterocycles. The van der Waals surface area contributed by atoms with Crippen molar-refractivity contribution in [2.75, 3.05) is 14.2 Å². The molecule has 0 radical (unpaired) electrons. The minimum atomic E-state index is -0.879. The third-order valence-electron chi connectivity index (χ3n) is 5.97. The van der Waals surface area contributed by atoms with Crippen LogP contribution >= 0.6 is 47.8 Å². The number of aromatic nitrogens is 2. The number of fused-ring (bicyclic) bond motifs is 2. The van der Waals surface area contributed by atoms with E-state index in [1.165, 1.54) is 25.1 Å². The van der Waals surface area contributed by atoms with Crippen LogP contribution in [0, 0.1) is 0 Å². The number of carbonyl (C=O) groups excluding carboxylic acids is 1. The number of ether oxygens (including phenoxy) is 3. The average molecular weight is 734 g/mol. The van der Waals surface area contributed by atoms with Crippen LogP contribution in [-0.4, -0.2) is 42.2 Å². The molecule has 12 heteroatoms. The van der Waals surface area contributed by atoms with Crippen LogP contribution in [-0.2, 0) is 9.53 Å². The molecule has 204 valence electrons. The Bertz CT molecular complexity index is 1860. The molecule has 9 nitrogen and oxygen atoms in total. The fourth-order valence-electron chi connectivity index (χ4n) is 3.99. The highest BCUT2D eigenvalue weighted by Crippen LogP contribution is 2.43. The Labute approximate surface area is 253 Å². The van der Waals surface area contributed by atoms with Gasteiger partial charge in [0.15, 0.2) is 23.4 Å². The summed E-state index contributed by atoms with van der Waals surface area (Å²) in [5, 5.41) is 5.77. The number of rotatable bonds is 7. The average Bonchev–Trinajstić information content (AvgIpc) is 3.38. The lowest BCUT2D eigenvalue weighted by Crippen LogP contribution is -2.25. The predicted molar refractivity (Wildman–Crippen MR) is 162 cm³/mol. The minimum Gasteiger partial charge on any atom is -0.493 e. The van der Waals surface area contributed by atoms with Gasteiger partial charge in [0, 0.05) is 19.9 Å². The van der Waals surface area contributed by atoms with E-state index in [2.05, 4.69) is 52.9 Å². The summed E-state index contributed by atoms with van der Waals surface area (Å²) in [6, 6.07) is 16.1. The smallest absolute Gasteiger partial charge is 0.346 e. The Morgan fingerprint density at radius 2 is 1.85 bits per heavy atom. The van der Waals surface area contributed by atoms with Crippen LogP contribution in [0.5, 0.6) is 11.5 Å². The maximum Gasteiger partial charge on any atom is 0.346 e. The molecule has 0 amide bonds. The molecule has 0 unspecified atom stereocenters. The van der Waals surface area contributed by atoms with Gasteiger partial charge >= 0.3 is 5.97 Å². The van der Waals surface area contributed by atoms with Crippen molar-refractivity contribution in [1.29, 1.82) is 0 Å². The van der Waals surface area contributed by atoms with Gasteiger partial charge in [0.2, 0.25) is 5.82 Å². The quantitative estimate of drug-likeness (QED) is 0.132. The van der Waals surface area contributed by atoms with E-state index in [0.29, 0.717) is 48.3 Å². The van der Waals surface area contributed by atoms with Crippen molar-refractivity contribution in [3.63, 3.8) is 0 Å². The van der Waals surface area contributed by atoms with Gasteiger partial charge in [-0.2, -0.15) is 9.78 Å². The van der Waals surface area contributed by atoms with E-state index in [4.69, 9.17) is 23.6 Å². The van der Waals surface area contributed by atoms with Crippen molar-refractivity contribution in [3.8, 4) is 23.1 Å². The number of furan rings is 1. The first-order chi connectivity index (χ1) is 19.2. The third-order valence-corrected chi connectivity index (χ3v) is 8.60. The zero-order valence-corrected chi connectivity index (χ0v) is 26.0. The number of esters is 1. The molecule has 0 bridgehead atoms. The molecule has 0 fully saturated rings. The normalized spacial score (nSPS) is 12.2. The number of nitrogens with zero attached hydrogens (tertiary/aromatic N) is 3. The summed E-state index contributed by atoms with van der Waals surface area (Å²) in [6.45, 7) is 1.57. The van der Waals surface area contributed by atoms with Gasteiger partial charge in [-0.05, 0) is 81.2 Å². The van der Waals surface area contributed by atoms with E-state index in [1.54, 1.807) is 31.2 Å². The van der Waals surface area contributed by atoms with Crippen molar-refractivity contribution in [3.05, 3.63) is 83.9 Å². The Balaban J connectivity index is 1.64. The first-order valence-electron chi connectivity index (χ1n) is 11.8. The summed E-state index contributed by atoms with van der Waals surface area (Å²) in [5.74, 6) is 0.708. The SMILES string of the molecule is COC(=O)[C@H](C)Oc1c(OC)cc(C=Nn2c(-c3cc4cc(Br)ccc4o3)nc3ccccc3c2=O)c(Br)c1Br. The Hall–Kier alpha value is -3.48. The highest BCUT2D eigenvalue weighted by atomic mass is 79.9. The second-order valence-corrected chi connectivity index (χ2v) is 11.0. The molecule has 5 aromatic rings. The second kappa shape index (κ2) is 11.6. The summed E-state index contributed by atoms with van der Waals surface area (Å²) >= 11 is 10.5. The summed E-state index contributed by atoms with van der Waals surface area (Å²) in [6.07, 6.45) is 0.613. The topological polar surface area (TPSA) is 105 Å². The molecule has 0 saturated heterocycles. The summed E-state index contributed by atoms with van der Waals surface area (Å²) in [5.41, 5.74) is 1.35. The van der Waals surface area contributed by atoms with Crippen molar-refractivity contribution in [2.45, 2.75) is 13.0 Å². The Morgan fingerprint density at radius 1 is 1.07 bits per heavy atom. The molecule has 5 rings (SSSR count). The Morgan fingerprint density at radius 3 is 2.60 bits per heavy atom. The van der Waals surface area contributed by atoms with E-state index in [-0.39, 0.29) is 11.4 Å². The van der Waals surface area contributed by atoms with E-state index >= 15 is 0 Å². The van der Waals surface area contributed by atoms with Crippen LogP contribution in [0.3, 0.4) is 0 Å². The van der Waals surface area contributed by atoms with Gasteiger partial charge in [-0.15, -0.1) is 0 Å². The number of hydrogen-bond acceptors (Lipinski definition) is 8. The van der Waals surface area contributed by atoms with Gasteiger partial charge in [-0.3, -0.25) is 4.79 Å². The molecule has 3 aromatic carbocycles. The van der Waals surface area contributed by atoms with Crippen molar-refractivity contribution < 1.29 is 23.4 Å². The highest BCUT2D eigenvalue weighted by Gasteiger charge is 2.23. The number of methoxy groups -OCH3 is 2. The third kappa shape index (κ3) is 5.30.